The van der Waals surface area contributed by atoms with Crippen molar-refractivity contribution in [2.75, 3.05) is 19.7 Å². The number of hydrogen-bond donors (Lipinski definition) is 1. The predicted molar refractivity (Wildman–Crippen MR) is 112 cm³/mol. The summed E-state index contributed by atoms with van der Waals surface area (Å²) in [6, 6.07) is 11.5. The molecule has 3 heterocycles. The number of rotatable bonds is 4. The van der Waals surface area contributed by atoms with Crippen molar-refractivity contribution >= 4 is 44.8 Å². The van der Waals surface area contributed by atoms with E-state index in [9.17, 15) is 9.59 Å². The highest BCUT2D eigenvalue weighted by Gasteiger charge is 2.35. The lowest BCUT2D eigenvalue weighted by atomic mass is 9.93. The van der Waals surface area contributed by atoms with Gasteiger partial charge in [0.1, 0.15) is 5.01 Å². The molecule has 1 aliphatic heterocycles. The fourth-order valence-corrected chi connectivity index (χ4v) is 5.35. The van der Waals surface area contributed by atoms with Crippen LogP contribution in [0.2, 0.25) is 0 Å². The zero-order valence-electron chi connectivity index (χ0n) is 15.5. The Labute approximate surface area is 170 Å². The first-order valence-corrected chi connectivity index (χ1v) is 10.9. The summed E-state index contributed by atoms with van der Waals surface area (Å²) in [6.07, 6.45) is 0.589. The molecule has 3 aromatic rings. The highest BCUT2D eigenvalue weighted by atomic mass is 32.1. The number of nitrogens with zero attached hydrogens (tertiary/aromatic N) is 2. The SMILES string of the molecule is CCOC(=O)C1CN(C(=O)c2ccc(-c3nc4ccccc4s3)s2)CCC1N. The largest absolute Gasteiger partial charge is 0.466 e. The Morgan fingerprint density at radius 3 is 2.86 bits per heavy atom. The van der Waals surface area contributed by atoms with Gasteiger partial charge in [-0.05, 0) is 37.6 Å². The highest BCUT2D eigenvalue weighted by molar-refractivity contribution is 7.26. The number of nitrogens with two attached hydrogens (primary N) is 1. The van der Waals surface area contributed by atoms with Crippen LogP contribution in [0.4, 0.5) is 0 Å². The van der Waals surface area contributed by atoms with Gasteiger partial charge in [0.05, 0.1) is 32.5 Å². The average Bonchev–Trinajstić information content (AvgIpc) is 3.35. The summed E-state index contributed by atoms with van der Waals surface area (Å²) in [5, 5.41) is 0.912. The number of para-hydroxylation sites is 1. The number of amides is 1. The van der Waals surface area contributed by atoms with Crippen LogP contribution in [0.15, 0.2) is 36.4 Å². The van der Waals surface area contributed by atoms with E-state index in [4.69, 9.17) is 10.5 Å². The lowest BCUT2D eigenvalue weighted by Gasteiger charge is -2.35. The molecular weight excluding hydrogens is 394 g/mol. The lowest BCUT2D eigenvalue weighted by molar-refractivity contribution is -0.150. The van der Waals surface area contributed by atoms with Gasteiger partial charge in [-0.15, -0.1) is 22.7 Å². The number of hydrogen-bond acceptors (Lipinski definition) is 7. The van der Waals surface area contributed by atoms with E-state index in [0.717, 1.165) is 20.1 Å². The van der Waals surface area contributed by atoms with Crippen LogP contribution in [0.3, 0.4) is 0 Å². The molecule has 0 aliphatic carbocycles. The molecule has 1 aromatic carbocycles. The second kappa shape index (κ2) is 7.98. The Bertz CT molecular complexity index is 980. The monoisotopic (exact) mass is 415 g/mol. The molecule has 28 heavy (non-hydrogen) atoms. The van der Waals surface area contributed by atoms with Gasteiger partial charge in [0.15, 0.2) is 0 Å². The number of piperidine rings is 1. The first kappa shape index (κ1) is 19.0. The van der Waals surface area contributed by atoms with E-state index in [2.05, 4.69) is 4.98 Å². The Hall–Kier alpha value is -2.29. The number of carbonyl (C=O) groups is 2. The minimum Gasteiger partial charge on any atom is -0.466 e. The number of benzene rings is 1. The number of ether oxygens (including phenoxy) is 1. The van der Waals surface area contributed by atoms with Crippen molar-refractivity contribution in [1.82, 2.24) is 9.88 Å². The van der Waals surface area contributed by atoms with Crippen LogP contribution in [0, 0.1) is 5.92 Å². The number of aromatic nitrogens is 1. The van der Waals surface area contributed by atoms with Crippen molar-refractivity contribution in [3.05, 3.63) is 41.3 Å². The van der Waals surface area contributed by atoms with Gasteiger partial charge >= 0.3 is 5.97 Å². The molecule has 8 heteroatoms. The highest BCUT2D eigenvalue weighted by Crippen LogP contribution is 2.35. The molecule has 1 amide bonds. The average molecular weight is 416 g/mol. The van der Waals surface area contributed by atoms with Crippen LogP contribution < -0.4 is 5.73 Å². The number of thiophene rings is 1. The van der Waals surface area contributed by atoms with E-state index in [1.54, 1.807) is 23.2 Å². The van der Waals surface area contributed by atoms with Crippen molar-refractivity contribution < 1.29 is 14.3 Å². The summed E-state index contributed by atoms with van der Waals surface area (Å²) >= 11 is 3.05. The zero-order chi connectivity index (χ0) is 19.7. The molecule has 4 rings (SSSR count). The van der Waals surface area contributed by atoms with Crippen LogP contribution in [0.1, 0.15) is 23.0 Å². The standard InChI is InChI=1S/C20H21N3O3S2/c1-2-26-20(25)12-11-23(10-9-13(12)21)19(24)17-8-7-16(27-17)18-22-14-5-3-4-6-15(14)28-18/h3-8,12-13H,2,9-11,21H2,1H3. The van der Waals surface area contributed by atoms with Gasteiger partial charge in [-0.3, -0.25) is 9.59 Å². The summed E-state index contributed by atoms with van der Waals surface area (Å²) in [5.41, 5.74) is 7.05. The second-order valence-corrected chi connectivity index (χ2v) is 8.83. The van der Waals surface area contributed by atoms with Crippen molar-refractivity contribution in [3.8, 4) is 9.88 Å². The summed E-state index contributed by atoms with van der Waals surface area (Å²) in [6.45, 7) is 2.92. The molecule has 146 valence electrons. The van der Waals surface area contributed by atoms with Crippen LogP contribution in [-0.4, -0.2) is 47.5 Å². The fraction of sp³-hybridized carbons (Fsp3) is 0.350. The van der Waals surface area contributed by atoms with E-state index in [1.807, 2.05) is 36.4 Å². The number of likely N-dealkylation sites (tertiary alicyclic amines) is 1. The summed E-state index contributed by atoms with van der Waals surface area (Å²) in [5.74, 6) is -0.867. The van der Waals surface area contributed by atoms with Gasteiger partial charge < -0.3 is 15.4 Å². The molecule has 1 saturated heterocycles. The Balaban J connectivity index is 1.51. The van der Waals surface area contributed by atoms with E-state index < -0.39 is 5.92 Å². The Morgan fingerprint density at radius 2 is 2.07 bits per heavy atom. The van der Waals surface area contributed by atoms with Gasteiger partial charge in [-0.1, -0.05) is 12.1 Å². The molecule has 0 saturated carbocycles. The maximum atomic E-state index is 13.0. The van der Waals surface area contributed by atoms with Crippen molar-refractivity contribution in [3.63, 3.8) is 0 Å². The molecule has 0 radical (unpaired) electrons. The molecule has 1 fully saturated rings. The third kappa shape index (κ3) is 3.67. The number of fused-ring (bicyclic) bond motifs is 1. The first-order chi connectivity index (χ1) is 13.6. The maximum absolute atomic E-state index is 13.0. The number of esters is 1. The van der Waals surface area contributed by atoms with E-state index in [0.29, 0.717) is 31.0 Å². The zero-order valence-corrected chi connectivity index (χ0v) is 17.1. The maximum Gasteiger partial charge on any atom is 0.312 e. The van der Waals surface area contributed by atoms with Crippen molar-refractivity contribution in [1.29, 1.82) is 0 Å². The number of carbonyl (C=O) groups excluding carboxylic acids is 2. The van der Waals surface area contributed by atoms with Gasteiger partial charge in [0.25, 0.3) is 5.91 Å². The summed E-state index contributed by atoms with van der Waals surface area (Å²) in [4.78, 5) is 33.1. The molecule has 2 aromatic heterocycles. The molecule has 2 N–H and O–H groups in total. The fourth-order valence-electron chi connectivity index (χ4n) is 3.35. The van der Waals surface area contributed by atoms with Crippen LogP contribution in [-0.2, 0) is 9.53 Å². The van der Waals surface area contributed by atoms with E-state index in [-0.39, 0.29) is 17.9 Å². The number of thiazole rings is 1. The lowest BCUT2D eigenvalue weighted by Crippen LogP contribution is -2.52. The summed E-state index contributed by atoms with van der Waals surface area (Å²) < 4.78 is 6.24. The molecule has 1 aliphatic rings. The van der Waals surface area contributed by atoms with E-state index >= 15 is 0 Å². The third-order valence-electron chi connectivity index (χ3n) is 4.86. The third-order valence-corrected chi connectivity index (χ3v) is 7.14. The summed E-state index contributed by atoms with van der Waals surface area (Å²) in [7, 11) is 0. The van der Waals surface area contributed by atoms with Gasteiger partial charge in [-0.25, -0.2) is 4.98 Å². The minimum atomic E-state index is -0.471. The first-order valence-electron chi connectivity index (χ1n) is 9.24. The normalized spacial score (nSPS) is 19.7. The van der Waals surface area contributed by atoms with Crippen molar-refractivity contribution in [2.24, 2.45) is 11.7 Å². The molecule has 0 spiro atoms. The van der Waals surface area contributed by atoms with Gasteiger partial charge in [0.2, 0.25) is 0 Å². The van der Waals surface area contributed by atoms with Crippen LogP contribution >= 0.6 is 22.7 Å². The smallest absolute Gasteiger partial charge is 0.312 e. The molecule has 0 bridgehead atoms. The molecule has 2 atom stereocenters. The van der Waals surface area contributed by atoms with Crippen LogP contribution in [0.25, 0.3) is 20.1 Å². The molecule has 2 unspecified atom stereocenters. The Kier molecular flexibility index (Phi) is 5.43. The minimum absolute atomic E-state index is 0.0708. The quantitative estimate of drug-likeness (QED) is 0.660. The van der Waals surface area contributed by atoms with E-state index in [1.165, 1.54) is 11.3 Å². The molecular formula is C20H21N3O3S2. The topological polar surface area (TPSA) is 85.5 Å². The van der Waals surface area contributed by atoms with Crippen LogP contribution in [0.5, 0.6) is 0 Å². The predicted octanol–water partition coefficient (Wildman–Crippen LogP) is 3.38. The molecule has 6 nitrogen and oxygen atoms in total. The second-order valence-electron chi connectivity index (χ2n) is 6.71. The van der Waals surface area contributed by atoms with Gasteiger partial charge in [-0.2, -0.15) is 0 Å². The van der Waals surface area contributed by atoms with Crippen molar-refractivity contribution in [2.45, 2.75) is 19.4 Å². The van der Waals surface area contributed by atoms with Gasteiger partial charge in [0, 0.05) is 19.1 Å². The Morgan fingerprint density at radius 1 is 1.25 bits per heavy atom.